The van der Waals surface area contributed by atoms with Gasteiger partial charge in [0.1, 0.15) is 11.5 Å². The van der Waals surface area contributed by atoms with Gasteiger partial charge in [0.15, 0.2) is 11.7 Å². The van der Waals surface area contributed by atoms with Crippen LogP contribution in [0.4, 0.5) is 5.69 Å². The fourth-order valence-electron chi connectivity index (χ4n) is 2.80. The van der Waals surface area contributed by atoms with Crippen LogP contribution in [0.25, 0.3) is 11.3 Å². The smallest absolute Gasteiger partial charge is 0.337 e. The van der Waals surface area contributed by atoms with Gasteiger partial charge in [-0.05, 0) is 36.4 Å². The minimum Gasteiger partial charge on any atom is -0.497 e. The van der Waals surface area contributed by atoms with Crippen molar-refractivity contribution >= 4 is 17.6 Å². The molecule has 0 unspecified atom stereocenters. The number of carbonyl (C=O) groups excluding carboxylic acids is 2. The Balaban J connectivity index is 1.59. The van der Waals surface area contributed by atoms with Gasteiger partial charge in [-0.25, -0.2) is 9.78 Å². The number of benzene rings is 2. The van der Waals surface area contributed by atoms with Crippen LogP contribution in [0.15, 0.2) is 53.1 Å². The van der Waals surface area contributed by atoms with Crippen LogP contribution in [-0.4, -0.2) is 38.2 Å². The zero-order valence-electron chi connectivity index (χ0n) is 16.9. The van der Waals surface area contributed by atoms with Gasteiger partial charge in [-0.15, -0.1) is 0 Å². The molecule has 2 aromatic carbocycles. The van der Waals surface area contributed by atoms with E-state index >= 15 is 0 Å². The maximum Gasteiger partial charge on any atom is 0.337 e. The molecule has 0 atom stereocenters. The van der Waals surface area contributed by atoms with Crippen LogP contribution in [0.2, 0.25) is 0 Å². The predicted molar refractivity (Wildman–Crippen MR) is 110 cm³/mol. The summed E-state index contributed by atoms with van der Waals surface area (Å²) in [7, 11) is 4.47. The van der Waals surface area contributed by atoms with Crippen molar-refractivity contribution in [2.24, 2.45) is 0 Å². The molecule has 0 aliphatic rings. The minimum atomic E-state index is -0.430. The first-order chi connectivity index (χ1) is 14.5. The normalized spacial score (nSPS) is 10.4. The van der Waals surface area contributed by atoms with Gasteiger partial charge < -0.3 is 23.9 Å². The number of ether oxygens (including phenoxy) is 3. The molecule has 0 bridgehead atoms. The van der Waals surface area contributed by atoms with Gasteiger partial charge in [-0.2, -0.15) is 0 Å². The van der Waals surface area contributed by atoms with E-state index in [1.807, 2.05) is 6.07 Å². The highest BCUT2D eigenvalue weighted by Crippen LogP contribution is 2.33. The topological polar surface area (TPSA) is 99.9 Å². The Kier molecular flexibility index (Phi) is 6.69. The van der Waals surface area contributed by atoms with Crippen molar-refractivity contribution in [1.29, 1.82) is 0 Å². The number of methoxy groups -OCH3 is 3. The minimum absolute atomic E-state index is 0.192. The third-order valence-corrected chi connectivity index (χ3v) is 4.38. The van der Waals surface area contributed by atoms with Crippen molar-refractivity contribution in [2.45, 2.75) is 12.8 Å². The summed E-state index contributed by atoms with van der Waals surface area (Å²) in [6.07, 6.45) is 2.13. The van der Waals surface area contributed by atoms with Gasteiger partial charge in [0, 0.05) is 24.6 Å². The molecule has 1 amide bonds. The Bertz CT molecular complexity index is 1030. The van der Waals surface area contributed by atoms with E-state index in [1.54, 1.807) is 56.8 Å². The third-order valence-electron chi connectivity index (χ3n) is 4.38. The van der Waals surface area contributed by atoms with Crippen LogP contribution in [-0.2, 0) is 16.0 Å². The third kappa shape index (κ3) is 4.96. The number of oxazole rings is 1. The lowest BCUT2D eigenvalue weighted by Crippen LogP contribution is -2.12. The van der Waals surface area contributed by atoms with Gasteiger partial charge in [0.2, 0.25) is 5.91 Å². The molecule has 1 heterocycles. The van der Waals surface area contributed by atoms with Crippen molar-refractivity contribution in [2.75, 3.05) is 26.6 Å². The fourth-order valence-corrected chi connectivity index (χ4v) is 2.80. The zero-order valence-corrected chi connectivity index (χ0v) is 16.9. The summed E-state index contributed by atoms with van der Waals surface area (Å²) >= 11 is 0. The van der Waals surface area contributed by atoms with Crippen LogP contribution < -0.4 is 14.8 Å². The SMILES string of the molecule is COC(=O)c1ccc(NC(=O)CCc2ncc(-c3ccc(OC)cc3OC)o2)cc1. The molecule has 8 nitrogen and oxygen atoms in total. The summed E-state index contributed by atoms with van der Waals surface area (Å²) in [6.45, 7) is 0. The average Bonchev–Trinajstić information content (AvgIpc) is 3.26. The van der Waals surface area contributed by atoms with Gasteiger partial charge in [0.05, 0.1) is 38.7 Å². The summed E-state index contributed by atoms with van der Waals surface area (Å²) in [5.41, 5.74) is 1.74. The average molecular weight is 410 g/mol. The van der Waals surface area contributed by atoms with Crippen LogP contribution in [0, 0.1) is 0 Å². The van der Waals surface area contributed by atoms with Crippen molar-refractivity contribution in [3.63, 3.8) is 0 Å². The number of nitrogens with one attached hydrogen (secondary N) is 1. The van der Waals surface area contributed by atoms with Gasteiger partial charge in [-0.3, -0.25) is 4.79 Å². The number of carbonyl (C=O) groups is 2. The molecule has 0 aliphatic carbocycles. The summed E-state index contributed by atoms with van der Waals surface area (Å²) in [6, 6.07) is 11.9. The van der Waals surface area contributed by atoms with Crippen molar-refractivity contribution in [1.82, 2.24) is 4.98 Å². The molecule has 156 valence electrons. The number of aryl methyl sites for hydroxylation is 1. The van der Waals surface area contributed by atoms with Crippen molar-refractivity contribution < 1.29 is 28.2 Å². The second-order valence-corrected chi connectivity index (χ2v) is 6.30. The fraction of sp³-hybridized carbons (Fsp3) is 0.227. The van der Waals surface area contributed by atoms with E-state index in [9.17, 15) is 9.59 Å². The van der Waals surface area contributed by atoms with E-state index in [0.29, 0.717) is 40.8 Å². The van der Waals surface area contributed by atoms with E-state index in [0.717, 1.165) is 5.56 Å². The Morgan fingerprint density at radius 1 is 1.03 bits per heavy atom. The molecule has 3 aromatic rings. The number of aromatic nitrogens is 1. The molecule has 0 saturated heterocycles. The van der Waals surface area contributed by atoms with E-state index in [1.165, 1.54) is 7.11 Å². The van der Waals surface area contributed by atoms with Crippen LogP contribution in [0.3, 0.4) is 0 Å². The number of rotatable bonds is 8. The standard InChI is InChI=1S/C22H22N2O6/c1-27-16-8-9-17(18(12-16)28-2)19-13-23-21(30-19)11-10-20(25)24-15-6-4-14(5-7-15)22(26)29-3/h4-9,12-13H,10-11H2,1-3H3,(H,24,25). The summed E-state index contributed by atoms with van der Waals surface area (Å²) in [5.74, 6) is 1.64. The molecule has 0 aliphatic heterocycles. The first-order valence-electron chi connectivity index (χ1n) is 9.19. The molecular formula is C22H22N2O6. The molecule has 30 heavy (non-hydrogen) atoms. The molecule has 0 spiro atoms. The lowest BCUT2D eigenvalue weighted by Gasteiger charge is -2.08. The lowest BCUT2D eigenvalue weighted by atomic mass is 10.1. The Morgan fingerprint density at radius 2 is 1.80 bits per heavy atom. The number of amides is 1. The monoisotopic (exact) mass is 410 g/mol. The van der Waals surface area contributed by atoms with Crippen LogP contribution >= 0.6 is 0 Å². The van der Waals surface area contributed by atoms with E-state index in [-0.39, 0.29) is 12.3 Å². The largest absolute Gasteiger partial charge is 0.497 e. The molecular weight excluding hydrogens is 388 g/mol. The molecule has 8 heteroatoms. The molecule has 3 rings (SSSR count). The highest BCUT2D eigenvalue weighted by Gasteiger charge is 2.14. The summed E-state index contributed by atoms with van der Waals surface area (Å²) in [5, 5.41) is 2.77. The molecule has 0 radical (unpaired) electrons. The van der Waals surface area contributed by atoms with Crippen LogP contribution in [0.1, 0.15) is 22.7 Å². The highest BCUT2D eigenvalue weighted by molar-refractivity contribution is 5.93. The number of anilines is 1. The number of hydrogen-bond acceptors (Lipinski definition) is 7. The molecule has 1 N–H and O–H groups in total. The van der Waals surface area contributed by atoms with E-state index in [4.69, 9.17) is 13.9 Å². The molecule has 1 aromatic heterocycles. The first-order valence-corrected chi connectivity index (χ1v) is 9.19. The van der Waals surface area contributed by atoms with Crippen LogP contribution in [0.5, 0.6) is 11.5 Å². The van der Waals surface area contributed by atoms with Gasteiger partial charge in [0.25, 0.3) is 0 Å². The van der Waals surface area contributed by atoms with E-state index in [2.05, 4.69) is 15.0 Å². The Hall–Kier alpha value is -3.81. The number of esters is 1. The zero-order chi connectivity index (χ0) is 21.5. The second-order valence-electron chi connectivity index (χ2n) is 6.30. The van der Waals surface area contributed by atoms with Crippen molar-refractivity contribution in [3.8, 4) is 22.8 Å². The lowest BCUT2D eigenvalue weighted by molar-refractivity contribution is -0.116. The van der Waals surface area contributed by atoms with E-state index < -0.39 is 5.97 Å². The van der Waals surface area contributed by atoms with Gasteiger partial charge >= 0.3 is 5.97 Å². The number of hydrogen-bond donors (Lipinski definition) is 1. The second kappa shape index (κ2) is 9.60. The number of nitrogens with zero attached hydrogens (tertiary/aromatic N) is 1. The maximum absolute atomic E-state index is 12.2. The first kappa shape index (κ1) is 20.9. The quantitative estimate of drug-likeness (QED) is 0.565. The summed E-state index contributed by atoms with van der Waals surface area (Å²) in [4.78, 5) is 27.9. The maximum atomic E-state index is 12.2. The van der Waals surface area contributed by atoms with Crippen molar-refractivity contribution in [3.05, 3.63) is 60.1 Å². The summed E-state index contributed by atoms with van der Waals surface area (Å²) < 4.78 is 21.0. The predicted octanol–water partition coefficient (Wildman–Crippen LogP) is 3.72. The Labute approximate surface area is 173 Å². The van der Waals surface area contributed by atoms with Gasteiger partial charge in [-0.1, -0.05) is 0 Å². The Morgan fingerprint density at radius 3 is 2.47 bits per heavy atom. The molecule has 0 fully saturated rings. The highest BCUT2D eigenvalue weighted by atomic mass is 16.5. The molecule has 0 saturated carbocycles.